The highest BCUT2D eigenvalue weighted by Gasteiger charge is 2.51. The van der Waals surface area contributed by atoms with Gasteiger partial charge in [0.2, 0.25) is 0 Å². The Balaban J connectivity index is 1.75. The van der Waals surface area contributed by atoms with Crippen LogP contribution in [-0.2, 0) is 0 Å². The summed E-state index contributed by atoms with van der Waals surface area (Å²) < 4.78 is 0. The zero-order valence-electron chi connectivity index (χ0n) is 16.9. The average Bonchev–Trinajstić information content (AvgIpc) is 2.85. The fraction of sp³-hybridized carbons (Fsp3) is 0.826. The summed E-state index contributed by atoms with van der Waals surface area (Å²) in [5.74, 6) is 2.17. The molecular formula is C23H39NO. The molecule has 0 saturated heterocycles. The first-order valence-corrected chi connectivity index (χ1v) is 10.4. The van der Waals surface area contributed by atoms with Crippen molar-refractivity contribution < 1.29 is 5.11 Å². The summed E-state index contributed by atoms with van der Waals surface area (Å²) >= 11 is 0. The summed E-state index contributed by atoms with van der Waals surface area (Å²) in [5, 5.41) is 10.3. The standard InChI is InChI=1S/C23H39NO/c1-17-8-9-19-15-20(10-12-22(17,19)2)23(3)13-11-21(25)16-18(23)7-6-14-24(4)5/h6-7,18-21,25H,1,8-16H2,2-5H3/b7-6-/t18-,19?,20?,21-,22+,23-/m0/s1. The summed E-state index contributed by atoms with van der Waals surface area (Å²) in [7, 11) is 4.24. The summed E-state index contributed by atoms with van der Waals surface area (Å²) in [6.45, 7) is 10.4. The van der Waals surface area contributed by atoms with Gasteiger partial charge in [0, 0.05) is 6.54 Å². The van der Waals surface area contributed by atoms with Gasteiger partial charge in [-0.1, -0.05) is 38.2 Å². The maximum atomic E-state index is 10.3. The molecule has 3 aliphatic rings. The lowest BCUT2D eigenvalue weighted by Crippen LogP contribution is -2.45. The van der Waals surface area contributed by atoms with Crippen molar-refractivity contribution in [3.05, 3.63) is 24.3 Å². The van der Waals surface area contributed by atoms with Crippen molar-refractivity contribution in [2.24, 2.45) is 28.6 Å². The first-order valence-electron chi connectivity index (χ1n) is 10.4. The number of aliphatic hydroxyl groups excluding tert-OH is 1. The van der Waals surface area contributed by atoms with Crippen LogP contribution in [0.25, 0.3) is 0 Å². The summed E-state index contributed by atoms with van der Waals surface area (Å²) in [6, 6.07) is 0. The molecule has 0 radical (unpaired) electrons. The SMILES string of the molecule is C=C1CCC2CC([C@@]3(C)CC[C@H](O)C[C@@H]3/C=C\CN(C)C)CC[C@]12C. The highest BCUT2D eigenvalue weighted by atomic mass is 16.3. The Bertz CT molecular complexity index is 524. The number of hydrogen-bond donors (Lipinski definition) is 1. The van der Waals surface area contributed by atoms with Crippen LogP contribution in [-0.4, -0.2) is 36.8 Å². The van der Waals surface area contributed by atoms with Crippen LogP contribution in [0.3, 0.4) is 0 Å². The minimum atomic E-state index is -0.109. The van der Waals surface area contributed by atoms with E-state index >= 15 is 0 Å². The summed E-state index contributed by atoms with van der Waals surface area (Å²) in [4.78, 5) is 2.21. The van der Waals surface area contributed by atoms with Gasteiger partial charge in [0.25, 0.3) is 0 Å². The lowest BCUT2D eigenvalue weighted by atomic mass is 9.53. The van der Waals surface area contributed by atoms with Gasteiger partial charge in [0.1, 0.15) is 0 Å². The molecule has 3 saturated carbocycles. The third-order valence-electron chi connectivity index (χ3n) is 8.25. The van der Waals surface area contributed by atoms with Gasteiger partial charge in [-0.15, -0.1) is 0 Å². The van der Waals surface area contributed by atoms with E-state index in [1.54, 1.807) is 0 Å². The molecular weight excluding hydrogens is 306 g/mol. The zero-order valence-corrected chi connectivity index (χ0v) is 16.9. The molecule has 0 heterocycles. The molecule has 0 aliphatic heterocycles. The van der Waals surface area contributed by atoms with E-state index in [9.17, 15) is 5.11 Å². The van der Waals surface area contributed by atoms with Gasteiger partial charge in [0.15, 0.2) is 0 Å². The number of nitrogens with zero attached hydrogens (tertiary/aromatic N) is 1. The number of rotatable bonds is 4. The Hall–Kier alpha value is -0.600. The van der Waals surface area contributed by atoms with E-state index < -0.39 is 0 Å². The quantitative estimate of drug-likeness (QED) is 0.721. The molecule has 6 atom stereocenters. The van der Waals surface area contributed by atoms with Gasteiger partial charge < -0.3 is 10.0 Å². The van der Waals surface area contributed by atoms with Crippen molar-refractivity contribution in [2.45, 2.75) is 71.3 Å². The third-order valence-corrected chi connectivity index (χ3v) is 8.25. The van der Waals surface area contributed by atoms with Crippen molar-refractivity contribution >= 4 is 0 Å². The van der Waals surface area contributed by atoms with Crippen LogP contribution in [0.2, 0.25) is 0 Å². The van der Waals surface area contributed by atoms with Gasteiger partial charge in [-0.2, -0.15) is 0 Å². The lowest BCUT2D eigenvalue weighted by molar-refractivity contribution is -0.0324. The molecule has 1 N–H and O–H groups in total. The number of allylic oxidation sites excluding steroid dienone is 2. The van der Waals surface area contributed by atoms with E-state index in [4.69, 9.17) is 0 Å². The Morgan fingerprint density at radius 1 is 1.12 bits per heavy atom. The van der Waals surface area contributed by atoms with E-state index in [-0.39, 0.29) is 6.10 Å². The van der Waals surface area contributed by atoms with Crippen molar-refractivity contribution in [1.29, 1.82) is 0 Å². The molecule has 0 amide bonds. The molecule has 25 heavy (non-hydrogen) atoms. The van der Waals surface area contributed by atoms with Gasteiger partial charge >= 0.3 is 0 Å². The molecule has 0 aromatic heterocycles. The molecule has 2 nitrogen and oxygen atoms in total. The lowest BCUT2D eigenvalue weighted by Gasteiger charge is -2.52. The number of fused-ring (bicyclic) bond motifs is 1. The van der Waals surface area contributed by atoms with E-state index in [0.717, 1.165) is 31.2 Å². The van der Waals surface area contributed by atoms with Crippen molar-refractivity contribution in [1.82, 2.24) is 4.90 Å². The molecule has 0 bridgehead atoms. The topological polar surface area (TPSA) is 23.5 Å². The number of hydrogen-bond acceptors (Lipinski definition) is 2. The molecule has 3 fully saturated rings. The minimum absolute atomic E-state index is 0.109. The maximum Gasteiger partial charge on any atom is 0.0546 e. The van der Waals surface area contributed by atoms with E-state index in [1.165, 1.54) is 44.1 Å². The largest absolute Gasteiger partial charge is 0.393 e. The predicted molar refractivity (Wildman–Crippen MR) is 106 cm³/mol. The average molecular weight is 346 g/mol. The van der Waals surface area contributed by atoms with Crippen LogP contribution < -0.4 is 0 Å². The molecule has 3 aliphatic carbocycles. The Morgan fingerprint density at radius 2 is 1.88 bits per heavy atom. The van der Waals surface area contributed by atoms with Crippen molar-refractivity contribution in [2.75, 3.05) is 20.6 Å². The molecule has 142 valence electrons. The van der Waals surface area contributed by atoms with Gasteiger partial charge in [-0.3, -0.25) is 0 Å². The fourth-order valence-corrected chi connectivity index (χ4v) is 6.12. The fourth-order valence-electron chi connectivity index (χ4n) is 6.12. The third kappa shape index (κ3) is 3.62. The Kier molecular flexibility index (Phi) is 5.52. The summed E-state index contributed by atoms with van der Waals surface area (Å²) in [6.07, 6.45) is 14.4. The molecule has 0 aromatic rings. The second kappa shape index (κ2) is 7.19. The molecule has 2 unspecified atom stereocenters. The smallest absolute Gasteiger partial charge is 0.0546 e. The molecule has 0 spiro atoms. The van der Waals surface area contributed by atoms with Crippen LogP contribution in [0.4, 0.5) is 0 Å². The molecule has 0 aromatic carbocycles. The van der Waals surface area contributed by atoms with E-state index in [1.807, 2.05) is 0 Å². The van der Waals surface area contributed by atoms with Gasteiger partial charge in [-0.25, -0.2) is 0 Å². The highest BCUT2D eigenvalue weighted by molar-refractivity contribution is 5.19. The van der Waals surface area contributed by atoms with Crippen LogP contribution in [0.1, 0.15) is 65.2 Å². The van der Waals surface area contributed by atoms with Crippen LogP contribution in [0.15, 0.2) is 24.3 Å². The molecule has 3 rings (SSSR count). The molecule has 2 heteroatoms. The van der Waals surface area contributed by atoms with Gasteiger partial charge in [-0.05, 0) is 94.0 Å². The monoisotopic (exact) mass is 345 g/mol. The van der Waals surface area contributed by atoms with E-state index in [2.05, 4.69) is 51.6 Å². The van der Waals surface area contributed by atoms with Crippen LogP contribution >= 0.6 is 0 Å². The van der Waals surface area contributed by atoms with Crippen molar-refractivity contribution in [3.63, 3.8) is 0 Å². The van der Waals surface area contributed by atoms with E-state index in [0.29, 0.717) is 16.7 Å². The van der Waals surface area contributed by atoms with Crippen LogP contribution in [0, 0.1) is 28.6 Å². The predicted octanol–water partition coefficient (Wildman–Crippen LogP) is 5.04. The Labute approximate surface area is 155 Å². The first-order chi connectivity index (χ1) is 11.8. The number of likely N-dealkylation sites (N-methyl/N-ethyl adjacent to an activating group) is 1. The normalized spacial score (nSPS) is 45.3. The minimum Gasteiger partial charge on any atom is -0.393 e. The number of aliphatic hydroxyl groups is 1. The second-order valence-corrected chi connectivity index (χ2v) is 9.96. The van der Waals surface area contributed by atoms with Crippen LogP contribution in [0.5, 0.6) is 0 Å². The first kappa shape index (κ1) is 19.2. The zero-order chi connectivity index (χ0) is 18.2. The maximum absolute atomic E-state index is 10.3. The second-order valence-electron chi connectivity index (χ2n) is 9.96. The van der Waals surface area contributed by atoms with Gasteiger partial charge in [0.05, 0.1) is 6.10 Å². The van der Waals surface area contributed by atoms with Crippen molar-refractivity contribution in [3.8, 4) is 0 Å². The Morgan fingerprint density at radius 3 is 2.60 bits per heavy atom. The summed E-state index contributed by atoms with van der Waals surface area (Å²) in [5.41, 5.74) is 2.28. The highest BCUT2D eigenvalue weighted by Crippen LogP contribution is 2.61.